The van der Waals surface area contributed by atoms with E-state index in [9.17, 15) is 0 Å². The molecule has 0 spiro atoms. The van der Waals surface area contributed by atoms with Crippen LogP contribution in [0.2, 0.25) is 0 Å². The topological polar surface area (TPSA) is 27.1 Å². The van der Waals surface area contributed by atoms with Crippen LogP contribution in [-0.2, 0) is 0 Å². The third kappa shape index (κ3) is 2.18. The summed E-state index contributed by atoms with van der Waals surface area (Å²) in [7, 11) is 1.81. The Kier molecular flexibility index (Phi) is 2.85. The van der Waals surface area contributed by atoms with Crippen LogP contribution in [0.4, 0.5) is 0 Å². The Balaban J connectivity index is 2.89. The van der Waals surface area contributed by atoms with Gasteiger partial charge in [-0.05, 0) is 13.1 Å². The molecule has 0 aliphatic heterocycles. The number of hydrogen-bond acceptors (Lipinski definition) is 1. The number of nitrogens with one attached hydrogen (secondary N) is 1. The average Bonchev–Trinajstić information content (AvgIpc) is 2.17. The van der Waals surface area contributed by atoms with Crippen LogP contribution in [-0.4, -0.2) is 17.8 Å². The average molecular weight is 174 g/mol. The van der Waals surface area contributed by atoms with Gasteiger partial charge in [-0.25, -0.2) is 0 Å². The minimum Gasteiger partial charge on any atom is -0.337 e. The Morgan fingerprint density at radius 1 is 1.38 bits per heavy atom. The van der Waals surface area contributed by atoms with Crippen molar-refractivity contribution in [2.24, 2.45) is 0 Å². The van der Waals surface area contributed by atoms with Crippen molar-refractivity contribution in [2.45, 2.75) is 6.92 Å². The van der Waals surface area contributed by atoms with Crippen molar-refractivity contribution in [3.8, 4) is 0 Å². The fourth-order valence-electron chi connectivity index (χ4n) is 1.01. The maximum atomic E-state index is 7.76. The summed E-state index contributed by atoms with van der Waals surface area (Å²) in [4.78, 5) is 1.69. The van der Waals surface area contributed by atoms with Gasteiger partial charge in [0.05, 0.1) is 0 Å². The minimum absolute atomic E-state index is 0.468. The normalized spacial score (nSPS) is 9.38. The fourth-order valence-corrected chi connectivity index (χ4v) is 1.01. The Labute approximate surface area is 79.0 Å². The molecule has 0 radical (unpaired) electrons. The summed E-state index contributed by atoms with van der Waals surface area (Å²) in [5.41, 5.74) is 2.12. The molecule has 68 valence electrons. The summed E-state index contributed by atoms with van der Waals surface area (Å²) in [6.45, 7) is 5.64. The van der Waals surface area contributed by atoms with Gasteiger partial charge in [-0.2, -0.15) is 0 Å². The maximum absolute atomic E-state index is 7.76. The van der Waals surface area contributed by atoms with E-state index in [1.54, 1.807) is 11.1 Å². The first-order valence-electron chi connectivity index (χ1n) is 4.16. The second-order valence-corrected chi connectivity index (χ2v) is 3.01. The van der Waals surface area contributed by atoms with Crippen LogP contribution < -0.4 is 0 Å². The zero-order chi connectivity index (χ0) is 9.84. The Bertz CT molecular complexity index is 311. The van der Waals surface area contributed by atoms with E-state index in [4.69, 9.17) is 5.41 Å². The molecule has 0 aromatic heterocycles. The summed E-state index contributed by atoms with van der Waals surface area (Å²) >= 11 is 0. The SMILES string of the molecule is C=CN(C)C(=N)c1ccc(C)cc1. The van der Waals surface area contributed by atoms with E-state index in [0.29, 0.717) is 5.84 Å². The van der Waals surface area contributed by atoms with E-state index in [1.807, 2.05) is 38.2 Å². The largest absolute Gasteiger partial charge is 0.337 e. The van der Waals surface area contributed by atoms with Crippen molar-refractivity contribution in [3.05, 3.63) is 48.2 Å². The van der Waals surface area contributed by atoms with Gasteiger partial charge < -0.3 is 4.90 Å². The molecule has 1 aromatic carbocycles. The van der Waals surface area contributed by atoms with Crippen LogP contribution in [0.5, 0.6) is 0 Å². The third-order valence-corrected chi connectivity index (χ3v) is 1.95. The molecule has 0 atom stereocenters. The highest BCUT2D eigenvalue weighted by Gasteiger charge is 2.02. The Morgan fingerprint density at radius 2 is 1.92 bits per heavy atom. The summed E-state index contributed by atoms with van der Waals surface area (Å²) in [5.74, 6) is 0.468. The molecule has 0 aliphatic rings. The predicted octanol–water partition coefficient (Wildman–Crippen LogP) is 2.40. The van der Waals surface area contributed by atoms with E-state index in [1.165, 1.54) is 5.56 Å². The summed E-state index contributed by atoms with van der Waals surface area (Å²) < 4.78 is 0. The van der Waals surface area contributed by atoms with E-state index >= 15 is 0 Å². The maximum Gasteiger partial charge on any atom is 0.131 e. The standard InChI is InChI=1S/C11H14N2/c1-4-13(3)11(12)10-7-5-9(2)6-8-10/h4-8,12H,1H2,2-3H3. The van der Waals surface area contributed by atoms with Crippen molar-refractivity contribution in [1.82, 2.24) is 4.90 Å². The summed E-state index contributed by atoms with van der Waals surface area (Å²) in [6, 6.07) is 7.89. The molecule has 0 fully saturated rings. The number of benzene rings is 1. The van der Waals surface area contributed by atoms with Crippen LogP contribution in [0.25, 0.3) is 0 Å². The summed E-state index contributed by atoms with van der Waals surface area (Å²) in [5, 5.41) is 7.76. The molecule has 0 amide bonds. The third-order valence-electron chi connectivity index (χ3n) is 1.95. The predicted molar refractivity (Wildman–Crippen MR) is 56.0 cm³/mol. The minimum atomic E-state index is 0.468. The molecular weight excluding hydrogens is 160 g/mol. The number of nitrogens with zero attached hydrogens (tertiary/aromatic N) is 1. The van der Waals surface area contributed by atoms with Crippen molar-refractivity contribution in [1.29, 1.82) is 5.41 Å². The van der Waals surface area contributed by atoms with Crippen LogP contribution in [0, 0.1) is 12.3 Å². The molecule has 2 heteroatoms. The Morgan fingerprint density at radius 3 is 2.38 bits per heavy atom. The first-order valence-corrected chi connectivity index (χ1v) is 4.16. The molecule has 0 unspecified atom stereocenters. The smallest absolute Gasteiger partial charge is 0.131 e. The molecule has 0 saturated heterocycles. The van der Waals surface area contributed by atoms with Gasteiger partial charge >= 0.3 is 0 Å². The molecule has 13 heavy (non-hydrogen) atoms. The summed E-state index contributed by atoms with van der Waals surface area (Å²) in [6.07, 6.45) is 1.63. The Hall–Kier alpha value is -1.57. The molecular formula is C11H14N2. The second kappa shape index (κ2) is 3.90. The first kappa shape index (κ1) is 9.52. The highest BCUT2D eigenvalue weighted by molar-refractivity contribution is 5.96. The molecule has 0 aliphatic carbocycles. The number of rotatable bonds is 2. The van der Waals surface area contributed by atoms with Crippen molar-refractivity contribution >= 4 is 5.84 Å². The van der Waals surface area contributed by atoms with Crippen LogP contribution in [0.3, 0.4) is 0 Å². The fraction of sp³-hybridized carbons (Fsp3) is 0.182. The van der Waals surface area contributed by atoms with Gasteiger partial charge in [0, 0.05) is 12.6 Å². The molecule has 0 bridgehead atoms. The zero-order valence-corrected chi connectivity index (χ0v) is 8.04. The van der Waals surface area contributed by atoms with E-state index in [2.05, 4.69) is 6.58 Å². The molecule has 1 N–H and O–H groups in total. The van der Waals surface area contributed by atoms with Gasteiger partial charge in [-0.15, -0.1) is 0 Å². The monoisotopic (exact) mass is 174 g/mol. The van der Waals surface area contributed by atoms with Crippen molar-refractivity contribution < 1.29 is 0 Å². The van der Waals surface area contributed by atoms with Gasteiger partial charge in [0.1, 0.15) is 5.84 Å². The van der Waals surface area contributed by atoms with Crippen LogP contribution >= 0.6 is 0 Å². The number of amidine groups is 1. The van der Waals surface area contributed by atoms with E-state index in [-0.39, 0.29) is 0 Å². The first-order chi connectivity index (χ1) is 6.15. The highest BCUT2D eigenvalue weighted by Crippen LogP contribution is 2.05. The van der Waals surface area contributed by atoms with Crippen molar-refractivity contribution in [2.75, 3.05) is 7.05 Å². The molecule has 1 aromatic rings. The van der Waals surface area contributed by atoms with Gasteiger partial charge in [0.2, 0.25) is 0 Å². The zero-order valence-electron chi connectivity index (χ0n) is 8.04. The molecule has 0 heterocycles. The van der Waals surface area contributed by atoms with Gasteiger partial charge in [-0.3, -0.25) is 5.41 Å². The van der Waals surface area contributed by atoms with Crippen LogP contribution in [0.1, 0.15) is 11.1 Å². The van der Waals surface area contributed by atoms with E-state index < -0.39 is 0 Å². The van der Waals surface area contributed by atoms with Gasteiger partial charge in [-0.1, -0.05) is 36.4 Å². The second-order valence-electron chi connectivity index (χ2n) is 3.01. The van der Waals surface area contributed by atoms with Gasteiger partial charge in [0.25, 0.3) is 0 Å². The molecule has 1 rings (SSSR count). The lowest BCUT2D eigenvalue weighted by molar-refractivity contribution is 0.686. The number of hydrogen-bond donors (Lipinski definition) is 1. The lowest BCUT2D eigenvalue weighted by Crippen LogP contribution is -2.20. The van der Waals surface area contributed by atoms with Crippen molar-refractivity contribution in [3.63, 3.8) is 0 Å². The lowest BCUT2D eigenvalue weighted by Gasteiger charge is -2.14. The molecule has 0 saturated carbocycles. The van der Waals surface area contributed by atoms with E-state index in [0.717, 1.165) is 5.56 Å². The highest BCUT2D eigenvalue weighted by atomic mass is 15.1. The number of aryl methyl sites for hydroxylation is 1. The quantitative estimate of drug-likeness (QED) is 0.541. The molecule has 2 nitrogen and oxygen atoms in total. The van der Waals surface area contributed by atoms with Gasteiger partial charge in [0.15, 0.2) is 0 Å². The van der Waals surface area contributed by atoms with Crippen LogP contribution in [0.15, 0.2) is 37.0 Å². The lowest BCUT2D eigenvalue weighted by atomic mass is 10.1.